The van der Waals surface area contributed by atoms with Crippen molar-refractivity contribution in [1.29, 1.82) is 0 Å². The van der Waals surface area contributed by atoms with Crippen LogP contribution in [0, 0.1) is 6.92 Å². The van der Waals surface area contributed by atoms with Crippen molar-refractivity contribution in [1.82, 2.24) is 19.5 Å². The highest BCUT2D eigenvalue weighted by molar-refractivity contribution is 5.49. The van der Waals surface area contributed by atoms with Crippen LogP contribution in [-0.4, -0.2) is 40.1 Å². The summed E-state index contributed by atoms with van der Waals surface area (Å²) < 4.78 is 1.87. The molecule has 0 aliphatic rings. The molecule has 0 aliphatic heterocycles. The smallest absolute Gasteiger partial charge is 0.157 e. The predicted molar refractivity (Wildman–Crippen MR) is 103 cm³/mol. The molecule has 3 rings (SSSR count). The van der Waals surface area contributed by atoms with E-state index < -0.39 is 0 Å². The predicted octanol–water partition coefficient (Wildman–Crippen LogP) is 3.88. The van der Waals surface area contributed by atoms with Crippen molar-refractivity contribution in [2.75, 3.05) is 26.0 Å². The summed E-state index contributed by atoms with van der Waals surface area (Å²) in [5.74, 6) is 1.36. The van der Waals surface area contributed by atoms with Crippen molar-refractivity contribution in [2.24, 2.45) is 0 Å². The lowest BCUT2D eigenvalue weighted by Crippen LogP contribution is -2.27. The Morgan fingerprint density at radius 1 is 1.16 bits per heavy atom. The molecule has 25 heavy (non-hydrogen) atoms. The molecule has 0 amide bonds. The molecule has 0 saturated heterocycles. The molecular formula is C20H27N5. The van der Waals surface area contributed by atoms with Gasteiger partial charge in [-0.25, -0.2) is 4.98 Å². The Balaban J connectivity index is 1.88. The molecule has 0 saturated carbocycles. The van der Waals surface area contributed by atoms with Crippen molar-refractivity contribution < 1.29 is 0 Å². The lowest BCUT2D eigenvalue weighted by atomic mass is 10.0. The van der Waals surface area contributed by atoms with Gasteiger partial charge >= 0.3 is 0 Å². The third-order valence-electron chi connectivity index (χ3n) is 4.50. The van der Waals surface area contributed by atoms with E-state index in [1.54, 1.807) is 6.20 Å². The summed E-state index contributed by atoms with van der Waals surface area (Å²) in [5, 5.41) is 7.99. The van der Waals surface area contributed by atoms with Crippen molar-refractivity contribution in [3.8, 4) is 0 Å². The van der Waals surface area contributed by atoms with E-state index >= 15 is 0 Å². The van der Waals surface area contributed by atoms with Crippen molar-refractivity contribution in [2.45, 2.75) is 32.7 Å². The number of benzene rings is 1. The molecule has 0 aliphatic carbocycles. The lowest BCUT2D eigenvalue weighted by molar-refractivity contribution is 0.311. The second-order valence-corrected chi connectivity index (χ2v) is 7.10. The minimum atomic E-state index is 0.279. The molecule has 0 bridgehead atoms. The van der Waals surface area contributed by atoms with Crippen molar-refractivity contribution in [3.05, 3.63) is 59.4 Å². The number of likely N-dealkylation sites (N-methyl/N-ethyl adjacent to an activating group) is 1. The van der Waals surface area contributed by atoms with Crippen LogP contribution in [0.5, 0.6) is 0 Å². The quantitative estimate of drug-likeness (QED) is 0.741. The summed E-state index contributed by atoms with van der Waals surface area (Å²) in [4.78, 5) is 6.92. The van der Waals surface area contributed by atoms with Crippen LogP contribution in [0.15, 0.2) is 42.6 Å². The van der Waals surface area contributed by atoms with Gasteiger partial charge in [0.25, 0.3) is 0 Å². The maximum absolute atomic E-state index is 4.68. The van der Waals surface area contributed by atoms with Crippen LogP contribution in [0.3, 0.4) is 0 Å². The van der Waals surface area contributed by atoms with Gasteiger partial charge in [-0.1, -0.05) is 43.7 Å². The standard InChI is InChI=1S/C20H27N5/c1-14(2)17-12-20(25-19(23-17)9-10-22-25)21-13-18(24(4)5)16-8-6-7-15(3)11-16/h6-12,14,18,21H,13H2,1-5H3/t18-/m0/s1. The normalized spacial score (nSPS) is 12.9. The van der Waals surface area contributed by atoms with Crippen LogP contribution in [0.25, 0.3) is 5.65 Å². The summed E-state index contributed by atoms with van der Waals surface area (Å²) >= 11 is 0. The number of aromatic nitrogens is 3. The van der Waals surface area contributed by atoms with E-state index in [1.165, 1.54) is 11.1 Å². The fourth-order valence-electron chi connectivity index (χ4n) is 3.03. The van der Waals surface area contributed by atoms with Gasteiger partial charge in [-0.2, -0.15) is 9.61 Å². The molecule has 2 heterocycles. The molecule has 1 N–H and O–H groups in total. The SMILES string of the molecule is Cc1cccc([C@H](CNc2cc(C(C)C)nc3ccnn23)N(C)C)c1. The number of fused-ring (bicyclic) bond motifs is 1. The van der Waals surface area contributed by atoms with E-state index in [2.05, 4.69) is 85.5 Å². The van der Waals surface area contributed by atoms with Crippen LogP contribution in [0.1, 0.15) is 42.6 Å². The van der Waals surface area contributed by atoms with Gasteiger partial charge in [0.2, 0.25) is 0 Å². The number of hydrogen-bond acceptors (Lipinski definition) is 4. The van der Waals surface area contributed by atoms with Crippen LogP contribution in [0.2, 0.25) is 0 Å². The monoisotopic (exact) mass is 337 g/mol. The first kappa shape index (κ1) is 17.4. The Kier molecular flexibility index (Phi) is 5.04. The van der Waals surface area contributed by atoms with Gasteiger partial charge in [-0.15, -0.1) is 0 Å². The van der Waals surface area contributed by atoms with Crippen LogP contribution in [0.4, 0.5) is 5.82 Å². The Morgan fingerprint density at radius 2 is 1.96 bits per heavy atom. The Labute approximate surface area is 149 Å². The van der Waals surface area contributed by atoms with Gasteiger partial charge in [-0.05, 0) is 32.5 Å². The fourth-order valence-corrected chi connectivity index (χ4v) is 3.03. The van der Waals surface area contributed by atoms with E-state index in [1.807, 2.05) is 10.6 Å². The molecule has 5 nitrogen and oxygen atoms in total. The number of nitrogens with one attached hydrogen (secondary N) is 1. The van der Waals surface area contributed by atoms with Gasteiger partial charge in [0.05, 0.1) is 12.2 Å². The molecule has 1 atom stereocenters. The van der Waals surface area contributed by atoms with Gasteiger partial charge in [0.1, 0.15) is 5.82 Å². The van der Waals surface area contributed by atoms with E-state index in [-0.39, 0.29) is 6.04 Å². The molecule has 2 aromatic heterocycles. The number of anilines is 1. The third-order valence-corrected chi connectivity index (χ3v) is 4.50. The Morgan fingerprint density at radius 3 is 2.64 bits per heavy atom. The third kappa shape index (κ3) is 3.82. The average molecular weight is 337 g/mol. The van der Waals surface area contributed by atoms with Gasteiger partial charge < -0.3 is 10.2 Å². The number of rotatable bonds is 6. The largest absolute Gasteiger partial charge is 0.368 e. The zero-order valence-electron chi connectivity index (χ0n) is 15.7. The van der Waals surface area contributed by atoms with Crippen LogP contribution < -0.4 is 5.32 Å². The minimum Gasteiger partial charge on any atom is -0.368 e. The van der Waals surface area contributed by atoms with E-state index in [4.69, 9.17) is 0 Å². The molecule has 5 heteroatoms. The highest BCUT2D eigenvalue weighted by atomic mass is 15.3. The maximum atomic E-state index is 4.68. The second kappa shape index (κ2) is 7.23. The van der Waals surface area contributed by atoms with Crippen molar-refractivity contribution in [3.63, 3.8) is 0 Å². The summed E-state index contributed by atoms with van der Waals surface area (Å²) in [6, 6.07) is 13.0. The highest BCUT2D eigenvalue weighted by Crippen LogP contribution is 2.22. The average Bonchev–Trinajstić information content (AvgIpc) is 3.03. The van der Waals surface area contributed by atoms with E-state index in [0.29, 0.717) is 5.92 Å². The molecule has 132 valence electrons. The molecule has 0 unspecified atom stereocenters. The zero-order valence-corrected chi connectivity index (χ0v) is 15.7. The topological polar surface area (TPSA) is 45.5 Å². The first-order chi connectivity index (χ1) is 12.0. The minimum absolute atomic E-state index is 0.279. The fraction of sp³-hybridized carbons (Fsp3) is 0.400. The maximum Gasteiger partial charge on any atom is 0.157 e. The number of nitrogens with zero attached hydrogens (tertiary/aromatic N) is 4. The van der Waals surface area contributed by atoms with Gasteiger partial charge in [-0.3, -0.25) is 0 Å². The zero-order chi connectivity index (χ0) is 18.0. The second-order valence-electron chi connectivity index (χ2n) is 7.10. The molecule has 0 fully saturated rings. The number of hydrogen-bond donors (Lipinski definition) is 1. The Hall–Kier alpha value is -2.40. The molecule has 0 spiro atoms. The summed E-state index contributed by atoms with van der Waals surface area (Å²) in [7, 11) is 4.23. The Bertz CT molecular complexity index is 850. The molecule has 3 aromatic rings. The first-order valence-corrected chi connectivity index (χ1v) is 8.77. The van der Waals surface area contributed by atoms with Gasteiger partial charge in [0, 0.05) is 24.4 Å². The first-order valence-electron chi connectivity index (χ1n) is 8.77. The van der Waals surface area contributed by atoms with E-state index in [9.17, 15) is 0 Å². The number of aryl methyl sites for hydroxylation is 1. The van der Waals surface area contributed by atoms with Crippen LogP contribution in [-0.2, 0) is 0 Å². The molecule has 0 radical (unpaired) electrons. The van der Waals surface area contributed by atoms with Gasteiger partial charge in [0.15, 0.2) is 5.65 Å². The van der Waals surface area contributed by atoms with Crippen LogP contribution >= 0.6 is 0 Å². The molecule has 1 aromatic carbocycles. The van der Waals surface area contributed by atoms with E-state index in [0.717, 1.165) is 23.7 Å². The highest BCUT2D eigenvalue weighted by Gasteiger charge is 2.16. The van der Waals surface area contributed by atoms with Crippen molar-refractivity contribution >= 4 is 11.5 Å². The molecular weight excluding hydrogens is 310 g/mol. The lowest BCUT2D eigenvalue weighted by Gasteiger charge is -2.26. The summed E-state index contributed by atoms with van der Waals surface area (Å²) in [5.41, 5.74) is 4.55. The summed E-state index contributed by atoms with van der Waals surface area (Å²) in [6.45, 7) is 7.25. The summed E-state index contributed by atoms with van der Waals surface area (Å²) in [6.07, 6.45) is 1.79.